The van der Waals surface area contributed by atoms with Crippen molar-refractivity contribution in [1.82, 2.24) is 4.90 Å². The van der Waals surface area contributed by atoms with E-state index in [0.717, 1.165) is 6.42 Å². The summed E-state index contributed by atoms with van der Waals surface area (Å²) in [4.78, 5) is 23.5. The summed E-state index contributed by atoms with van der Waals surface area (Å²) in [5.74, 6) is -0.372. The molecule has 0 aromatic carbocycles. The molecule has 2 fully saturated rings. The number of thioether (sulfide) groups is 1. The molecule has 5 heteroatoms. The maximum Gasteiger partial charge on any atom is 0.327 e. The number of rotatable bonds is 1. The van der Waals surface area contributed by atoms with Gasteiger partial charge in [-0.1, -0.05) is 0 Å². The molecule has 0 saturated carbocycles. The highest BCUT2D eigenvalue weighted by molar-refractivity contribution is 8.01. The number of amides is 1. The highest BCUT2D eigenvalue weighted by atomic mass is 32.2. The lowest BCUT2D eigenvalue weighted by atomic mass is 10.2. The van der Waals surface area contributed by atoms with Gasteiger partial charge in [0.25, 0.3) is 0 Å². The molecule has 0 aliphatic carbocycles. The zero-order valence-corrected chi connectivity index (χ0v) is 8.13. The third kappa shape index (κ3) is 1.14. The monoisotopic (exact) mass is 201 g/mol. The molecule has 13 heavy (non-hydrogen) atoms. The third-order valence-corrected chi connectivity index (χ3v) is 4.24. The summed E-state index contributed by atoms with van der Waals surface area (Å²) >= 11 is 1.58. The molecular weight excluding hydrogens is 190 g/mol. The van der Waals surface area contributed by atoms with E-state index in [1.54, 1.807) is 16.7 Å². The van der Waals surface area contributed by atoms with Crippen molar-refractivity contribution >= 4 is 23.6 Å². The van der Waals surface area contributed by atoms with Crippen LogP contribution in [0.4, 0.5) is 0 Å². The van der Waals surface area contributed by atoms with Gasteiger partial charge in [-0.15, -0.1) is 11.8 Å². The van der Waals surface area contributed by atoms with E-state index in [4.69, 9.17) is 5.11 Å². The maximum absolute atomic E-state index is 11.4. The molecule has 1 N–H and O–H groups in total. The molecule has 0 bridgehead atoms. The molecule has 0 aromatic heterocycles. The van der Waals surface area contributed by atoms with Crippen LogP contribution >= 0.6 is 11.8 Å². The highest BCUT2D eigenvalue weighted by Gasteiger charge is 2.52. The number of fused-ring (bicyclic) bond motifs is 1. The van der Waals surface area contributed by atoms with Crippen molar-refractivity contribution in [3.8, 4) is 0 Å². The molecule has 1 amide bonds. The van der Waals surface area contributed by atoms with Gasteiger partial charge in [-0.25, -0.2) is 4.79 Å². The van der Waals surface area contributed by atoms with Gasteiger partial charge in [0.2, 0.25) is 5.91 Å². The Labute approximate surface area is 80.3 Å². The second-order valence-corrected chi connectivity index (χ2v) is 5.11. The molecular formula is C8H11NO3S. The Bertz CT molecular complexity index is 281. The number of aliphatic carboxylic acids is 1. The summed E-state index contributed by atoms with van der Waals surface area (Å²) in [7, 11) is 0. The third-order valence-electron chi connectivity index (χ3n) is 2.73. The first-order valence-corrected chi connectivity index (χ1v) is 5.22. The molecule has 4 nitrogen and oxygen atoms in total. The normalized spacial score (nSPS) is 38.1. The largest absolute Gasteiger partial charge is 0.480 e. The second-order valence-electron chi connectivity index (χ2n) is 3.60. The predicted octanol–water partition coefficient (Wildman–Crippen LogP) is 0.525. The van der Waals surface area contributed by atoms with Crippen LogP contribution in [-0.4, -0.2) is 38.5 Å². The van der Waals surface area contributed by atoms with Gasteiger partial charge in [0.05, 0.1) is 4.87 Å². The molecule has 0 unspecified atom stereocenters. The molecule has 2 aliphatic rings. The minimum Gasteiger partial charge on any atom is -0.480 e. The highest BCUT2D eigenvalue weighted by Crippen LogP contribution is 2.47. The smallest absolute Gasteiger partial charge is 0.327 e. The van der Waals surface area contributed by atoms with Crippen molar-refractivity contribution < 1.29 is 14.7 Å². The summed E-state index contributed by atoms with van der Waals surface area (Å²) in [6, 6.07) is -0.606. The summed E-state index contributed by atoms with van der Waals surface area (Å²) in [6.45, 7) is 1.95. The number of nitrogens with zero attached hydrogens (tertiary/aromatic N) is 1. The molecule has 2 saturated heterocycles. The van der Waals surface area contributed by atoms with Crippen LogP contribution in [0.5, 0.6) is 0 Å². The number of carbonyl (C=O) groups excluding carboxylic acids is 1. The van der Waals surface area contributed by atoms with Gasteiger partial charge in [-0.3, -0.25) is 4.79 Å². The maximum atomic E-state index is 11.4. The first-order chi connectivity index (χ1) is 6.04. The van der Waals surface area contributed by atoms with Crippen LogP contribution in [0.15, 0.2) is 0 Å². The number of hydrogen-bond acceptors (Lipinski definition) is 3. The van der Waals surface area contributed by atoms with Crippen molar-refractivity contribution in [3.63, 3.8) is 0 Å². The average molecular weight is 201 g/mol. The Hall–Kier alpha value is -0.710. The quantitative estimate of drug-likeness (QED) is 0.672. The van der Waals surface area contributed by atoms with Crippen LogP contribution in [0, 0.1) is 0 Å². The van der Waals surface area contributed by atoms with Crippen LogP contribution in [0.2, 0.25) is 0 Å². The van der Waals surface area contributed by atoms with Gasteiger partial charge in [0.1, 0.15) is 6.04 Å². The summed E-state index contributed by atoms with van der Waals surface area (Å²) in [6.07, 6.45) is 1.27. The first kappa shape index (κ1) is 8.87. The zero-order valence-electron chi connectivity index (χ0n) is 7.32. The standard InChI is InChI=1S/C8H11NO3S/c1-8-3-2-6(10)9(8)5(4-13-8)7(11)12/h5H,2-4H2,1H3,(H,11,12)/t5-,8-/m0/s1. The fraction of sp³-hybridized carbons (Fsp3) is 0.750. The molecule has 72 valence electrons. The van der Waals surface area contributed by atoms with E-state index in [-0.39, 0.29) is 10.8 Å². The van der Waals surface area contributed by atoms with Gasteiger partial charge in [-0.2, -0.15) is 0 Å². The lowest BCUT2D eigenvalue weighted by Crippen LogP contribution is -2.45. The summed E-state index contributed by atoms with van der Waals surface area (Å²) in [5, 5.41) is 8.89. The van der Waals surface area contributed by atoms with Crippen LogP contribution in [0.25, 0.3) is 0 Å². The molecule has 2 atom stereocenters. The number of hydrogen-bond donors (Lipinski definition) is 1. The SMILES string of the molecule is C[C@]12CCC(=O)N1[C@H](C(=O)O)CS2. The van der Waals surface area contributed by atoms with Gasteiger partial charge < -0.3 is 10.0 Å². The Balaban J connectivity index is 2.29. The topological polar surface area (TPSA) is 57.6 Å². The molecule has 0 spiro atoms. The van der Waals surface area contributed by atoms with E-state index in [2.05, 4.69) is 0 Å². The number of carboxylic acids is 1. The van der Waals surface area contributed by atoms with Gasteiger partial charge in [-0.05, 0) is 13.3 Å². The first-order valence-electron chi connectivity index (χ1n) is 4.23. The Kier molecular flexibility index (Phi) is 1.80. The van der Waals surface area contributed by atoms with Gasteiger partial charge in [0.15, 0.2) is 0 Å². The van der Waals surface area contributed by atoms with Crippen LogP contribution in [0.1, 0.15) is 19.8 Å². The minimum atomic E-state index is -0.883. The van der Waals surface area contributed by atoms with Crippen molar-refractivity contribution in [1.29, 1.82) is 0 Å². The molecule has 2 aliphatic heterocycles. The van der Waals surface area contributed by atoms with Crippen molar-refractivity contribution in [2.24, 2.45) is 0 Å². The zero-order chi connectivity index (χ0) is 9.64. The van der Waals surface area contributed by atoms with E-state index in [9.17, 15) is 9.59 Å². The molecule has 0 aromatic rings. The molecule has 2 heterocycles. The summed E-state index contributed by atoms with van der Waals surface area (Å²) < 4.78 is 0. The average Bonchev–Trinajstić information content (AvgIpc) is 2.50. The fourth-order valence-electron chi connectivity index (χ4n) is 2.00. The lowest BCUT2D eigenvalue weighted by molar-refractivity contribution is -0.148. The van der Waals surface area contributed by atoms with E-state index in [1.165, 1.54) is 0 Å². The van der Waals surface area contributed by atoms with Crippen LogP contribution in [0.3, 0.4) is 0 Å². The van der Waals surface area contributed by atoms with E-state index < -0.39 is 12.0 Å². The Morgan fingerprint density at radius 2 is 2.46 bits per heavy atom. The fourth-order valence-corrected chi connectivity index (χ4v) is 3.43. The molecule has 2 rings (SSSR count). The molecule has 0 radical (unpaired) electrons. The minimum absolute atomic E-state index is 0.0140. The van der Waals surface area contributed by atoms with Gasteiger partial charge in [0, 0.05) is 12.2 Å². The predicted molar refractivity (Wildman–Crippen MR) is 48.4 cm³/mol. The lowest BCUT2D eigenvalue weighted by Gasteiger charge is -2.28. The second kappa shape index (κ2) is 2.64. The van der Waals surface area contributed by atoms with Crippen LogP contribution in [-0.2, 0) is 9.59 Å². The number of carbonyl (C=O) groups is 2. The Morgan fingerprint density at radius 3 is 3.08 bits per heavy atom. The van der Waals surface area contributed by atoms with Gasteiger partial charge >= 0.3 is 5.97 Å². The van der Waals surface area contributed by atoms with E-state index >= 15 is 0 Å². The van der Waals surface area contributed by atoms with Crippen molar-refractivity contribution in [3.05, 3.63) is 0 Å². The Morgan fingerprint density at radius 1 is 1.77 bits per heavy atom. The number of carboxylic acid groups (broad SMARTS) is 1. The van der Waals surface area contributed by atoms with E-state index in [1.807, 2.05) is 6.92 Å². The van der Waals surface area contributed by atoms with Crippen molar-refractivity contribution in [2.75, 3.05) is 5.75 Å². The summed E-state index contributed by atoms with van der Waals surface area (Å²) in [5.41, 5.74) is 0. The van der Waals surface area contributed by atoms with Crippen LogP contribution < -0.4 is 0 Å². The van der Waals surface area contributed by atoms with Crippen molar-refractivity contribution in [2.45, 2.75) is 30.7 Å². The van der Waals surface area contributed by atoms with E-state index in [0.29, 0.717) is 12.2 Å².